The number of fused-ring (bicyclic) bond motifs is 1. The average Bonchev–Trinajstić information content (AvgIpc) is 2.90. The maximum Gasteiger partial charge on any atom is 0.0451 e. The molecule has 3 heteroatoms. The fourth-order valence-corrected chi connectivity index (χ4v) is 3.13. The Hall–Kier alpha value is -1.48. The van der Waals surface area contributed by atoms with Crippen LogP contribution in [0.5, 0.6) is 0 Å². The smallest absolute Gasteiger partial charge is 0.0451 e. The molecule has 0 spiro atoms. The molecule has 1 aliphatic heterocycles. The van der Waals surface area contributed by atoms with E-state index in [1.807, 2.05) is 0 Å². The quantitative estimate of drug-likeness (QED) is 0.902. The number of aryl methyl sites for hydroxylation is 1. The van der Waals surface area contributed by atoms with E-state index in [1.54, 1.807) is 11.3 Å². The summed E-state index contributed by atoms with van der Waals surface area (Å²) in [5, 5.41) is 7.70. The van der Waals surface area contributed by atoms with Gasteiger partial charge in [-0.2, -0.15) is 11.3 Å². The molecule has 94 valence electrons. The van der Waals surface area contributed by atoms with Crippen molar-refractivity contribution >= 4 is 22.7 Å². The molecule has 0 saturated heterocycles. The highest BCUT2D eigenvalue weighted by atomic mass is 32.1. The van der Waals surface area contributed by atoms with Gasteiger partial charge in [-0.25, -0.2) is 0 Å². The van der Waals surface area contributed by atoms with Gasteiger partial charge in [-0.1, -0.05) is 12.1 Å². The highest BCUT2D eigenvalue weighted by Gasteiger charge is 2.13. The lowest BCUT2D eigenvalue weighted by Crippen LogP contribution is -2.24. The number of benzene rings is 1. The minimum Gasteiger partial charge on any atom is -0.380 e. The lowest BCUT2D eigenvalue weighted by molar-refractivity contribution is 0.743. The van der Waals surface area contributed by atoms with Gasteiger partial charge in [0.1, 0.15) is 0 Å². The third kappa shape index (κ3) is 2.36. The van der Waals surface area contributed by atoms with Gasteiger partial charge in [0.2, 0.25) is 0 Å². The van der Waals surface area contributed by atoms with Crippen molar-refractivity contribution in [3.63, 3.8) is 0 Å². The second-order valence-electron chi connectivity index (χ2n) is 4.85. The van der Waals surface area contributed by atoms with Gasteiger partial charge in [-0.05, 0) is 41.5 Å². The van der Waals surface area contributed by atoms with Crippen LogP contribution in [0, 0.1) is 0 Å². The van der Waals surface area contributed by atoms with Crippen molar-refractivity contribution in [1.82, 2.24) is 0 Å². The first-order chi connectivity index (χ1) is 8.83. The Balaban J connectivity index is 1.74. The number of hydrogen-bond donors (Lipinski definition) is 1. The first-order valence-corrected chi connectivity index (χ1v) is 7.36. The third-order valence-electron chi connectivity index (χ3n) is 3.51. The van der Waals surface area contributed by atoms with Crippen LogP contribution < -0.4 is 10.2 Å². The Morgan fingerprint density at radius 3 is 3.11 bits per heavy atom. The molecule has 2 heterocycles. The standard InChI is InChI=1S/C15H18N2S/c1-17-7-2-3-13-9-12(4-5-15(13)17)10-16-14-6-8-18-11-14/h4-6,8-9,11,16H,2-3,7,10H2,1H3. The molecule has 0 bridgehead atoms. The Kier molecular flexibility index (Phi) is 3.24. The topological polar surface area (TPSA) is 15.3 Å². The summed E-state index contributed by atoms with van der Waals surface area (Å²) in [6, 6.07) is 8.97. The van der Waals surface area contributed by atoms with Gasteiger partial charge in [0.05, 0.1) is 0 Å². The van der Waals surface area contributed by atoms with Crippen LogP contribution in [0.2, 0.25) is 0 Å². The Morgan fingerprint density at radius 1 is 1.33 bits per heavy atom. The summed E-state index contributed by atoms with van der Waals surface area (Å²) in [7, 11) is 2.18. The molecule has 0 radical (unpaired) electrons. The summed E-state index contributed by atoms with van der Waals surface area (Å²) in [6.45, 7) is 2.09. The molecule has 2 aromatic rings. The average molecular weight is 258 g/mol. The summed E-state index contributed by atoms with van der Waals surface area (Å²) in [5.41, 5.74) is 5.49. The van der Waals surface area contributed by atoms with Crippen LogP contribution in [-0.2, 0) is 13.0 Å². The Morgan fingerprint density at radius 2 is 2.28 bits per heavy atom. The van der Waals surface area contributed by atoms with Gasteiger partial charge in [0.15, 0.2) is 0 Å². The number of nitrogens with one attached hydrogen (secondary N) is 1. The van der Waals surface area contributed by atoms with Gasteiger partial charge < -0.3 is 10.2 Å². The van der Waals surface area contributed by atoms with Crippen LogP contribution in [0.3, 0.4) is 0 Å². The van der Waals surface area contributed by atoms with Crippen LogP contribution in [-0.4, -0.2) is 13.6 Å². The maximum atomic E-state index is 3.46. The SMILES string of the molecule is CN1CCCc2cc(CNc3ccsc3)ccc21. The predicted molar refractivity (Wildman–Crippen MR) is 79.7 cm³/mol. The Labute approximate surface area is 112 Å². The van der Waals surface area contributed by atoms with Gasteiger partial charge in [0.25, 0.3) is 0 Å². The number of rotatable bonds is 3. The van der Waals surface area contributed by atoms with Crippen LogP contribution in [0.4, 0.5) is 11.4 Å². The summed E-state index contributed by atoms with van der Waals surface area (Å²) in [6.07, 6.45) is 2.48. The van der Waals surface area contributed by atoms with E-state index in [4.69, 9.17) is 0 Å². The predicted octanol–water partition coefficient (Wildman–Crippen LogP) is 3.74. The van der Waals surface area contributed by atoms with Crippen LogP contribution >= 0.6 is 11.3 Å². The van der Waals surface area contributed by atoms with Gasteiger partial charge in [-0.15, -0.1) is 0 Å². The molecule has 0 aliphatic carbocycles. The molecule has 0 amide bonds. The van der Waals surface area contributed by atoms with Crippen molar-refractivity contribution in [2.45, 2.75) is 19.4 Å². The van der Waals surface area contributed by atoms with Crippen molar-refractivity contribution < 1.29 is 0 Å². The molecular formula is C15H18N2S. The van der Waals surface area contributed by atoms with Crippen molar-refractivity contribution in [3.05, 3.63) is 46.2 Å². The van der Waals surface area contributed by atoms with E-state index in [1.165, 1.54) is 41.9 Å². The monoisotopic (exact) mass is 258 g/mol. The number of thiophene rings is 1. The molecule has 3 rings (SSSR count). The zero-order valence-electron chi connectivity index (χ0n) is 10.6. The van der Waals surface area contributed by atoms with Gasteiger partial charge in [-0.3, -0.25) is 0 Å². The van der Waals surface area contributed by atoms with E-state index >= 15 is 0 Å². The molecule has 1 aromatic carbocycles. The molecule has 0 unspecified atom stereocenters. The van der Waals surface area contributed by atoms with E-state index in [2.05, 4.69) is 52.3 Å². The molecule has 0 saturated carbocycles. The Bertz CT molecular complexity index is 519. The molecule has 1 aliphatic rings. The van der Waals surface area contributed by atoms with Gasteiger partial charge in [0, 0.05) is 36.9 Å². The lowest BCUT2D eigenvalue weighted by atomic mass is 9.99. The van der Waals surface area contributed by atoms with Crippen molar-refractivity contribution in [3.8, 4) is 0 Å². The van der Waals surface area contributed by atoms with E-state index in [0.29, 0.717) is 0 Å². The summed E-state index contributed by atoms with van der Waals surface area (Å²) < 4.78 is 0. The van der Waals surface area contributed by atoms with E-state index in [9.17, 15) is 0 Å². The zero-order valence-corrected chi connectivity index (χ0v) is 11.5. The third-order valence-corrected chi connectivity index (χ3v) is 4.20. The first-order valence-electron chi connectivity index (χ1n) is 6.42. The van der Waals surface area contributed by atoms with Crippen LogP contribution in [0.25, 0.3) is 0 Å². The first kappa shape index (κ1) is 11.6. The normalized spacial score (nSPS) is 14.4. The minimum atomic E-state index is 0.910. The summed E-state index contributed by atoms with van der Waals surface area (Å²) in [4.78, 5) is 2.36. The second-order valence-corrected chi connectivity index (χ2v) is 5.63. The molecule has 18 heavy (non-hydrogen) atoms. The number of nitrogens with zero attached hydrogens (tertiary/aromatic N) is 1. The maximum absolute atomic E-state index is 3.46. The molecule has 1 aromatic heterocycles. The lowest BCUT2D eigenvalue weighted by Gasteiger charge is -2.27. The minimum absolute atomic E-state index is 0.910. The summed E-state index contributed by atoms with van der Waals surface area (Å²) >= 11 is 1.73. The number of hydrogen-bond acceptors (Lipinski definition) is 3. The summed E-state index contributed by atoms with van der Waals surface area (Å²) in [5.74, 6) is 0. The zero-order chi connectivity index (χ0) is 12.4. The van der Waals surface area contributed by atoms with E-state index in [-0.39, 0.29) is 0 Å². The highest BCUT2D eigenvalue weighted by Crippen LogP contribution is 2.27. The van der Waals surface area contributed by atoms with E-state index < -0.39 is 0 Å². The molecular weight excluding hydrogens is 240 g/mol. The van der Waals surface area contributed by atoms with Crippen LogP contribution in [0.15, 0.2) is 35.0 Å². The van der Waals surface area contributed by atoms with Crippen LogP contribution in [0.1, 0.15) is 17.5 Å². The fraction of sp³-hybridized carbons (Fsp3) is 0.333. The largest absolute Gasteiger partial charge is 0.380 e. The van der Waals surface area contributed by atoms with Crippen molar-refractivity contribution in [1.29, 1.82) is 0 Å². The molecule has 2 nitrogen and oxygen atoms in total. The second kappa shape index (κ2) is 5.02. The molecule has 1 N–H and O–H groups in total. The van der Waals surface area contributed by atoms with E-state index in [0.717, 1.165) is 6.54 Å². The highest BCUT2D eigenvalue weighted by molar-refractivity contribution is 7.08. The molecule has 0 atom stereocenters. The van der Waals surface area contributed by atoms with Gasteiger partial charge >= 0.3 is 0 Å². The van der Waals surface area contributed by atoms with Crippen molar-refractivity contribution in [2.75, 3.05) is 23.8 Å². The fourth-order valence-electron chi connectivity index (χ4n) is 2.52. The number of anilines is 2. The van der Waals surface area contributed by atoms with Crippen molar-refractivity contribution in [2.24, 2.45) is 0 Å². The molecule has 0 fully saturated rings.